The first-order valence-electron chi connectivity index (χ1n) is 7.98. The molecule has 0 radical (unpaired) electrons. The zero-order valence-electron chi connectivity index (χ0n) is 13.9. The van der Waals surface area contributed by atoms with Crippen molar-refractivity contribution in [1.82, 2.24) is 14.8 Å². The largest absolute Gasteiger partial charge is 0.462 e. The van der Waals surface area contributed by atoms with Gasteiger partial charge in [-0.25, -0.2) is 18.1 Å². The molecule has 0 bridgehead atoms. The molecule has 136 valence electrons. The molecule has 1 aliphatic rings. The highest BCUT2D eigenvalue weighted by atomic mass is 32.2. The van der Waals surface area contributed by atoms with Crippen molar-refractivity contribution >= 4 is 32.9 Å². The SMILES string of the molecule is Cc1cc(NC(=O)c2csc(-c3ccco3)n2)n(C2CCS(=O)(=O)C2)n1. The molecule has 1 aliphatic heterocycles. The first kappa shape index (κ1) is 17.0. The van der Waals surface area contributed by atoms with Gasteiger partial charge in [0.1, 0.15) is 11.5 Å². The Hall–Kier alpha value is -2.46. The van der Waals surface area contributed by atoms with Crippen molar-refractivity contribution in [3.8, 4) is 10.8 Å². The summed E-state index contributed by atoms with van der Waals surface area (Å²) in [5.74, 6) is 0.883. The van der Waals surface area contributed by atoms with E-state index in [9.17, 15) is 13.2 Å². The van der Waals surface area contributed by atoms with Crippen LogP contribution in [0.4, 0.5) is 5.82 Å². The Balaban J connectivity index is 1.55. The zero-order chi connectivity index (χ0) is 18.3. The third-order valence-corrected chi connectivity index (χ3v) is 6.73. The fraction of sp³-hybridized carbons (Fsp3) is 0.312. The molecule has 0 aliphatic carbocycles. The van der Waals surface area contributed by atoms with Crippen LogP contribution in [0.1, 0.15) is 28.6 Å². The fourth-order valence-corrected chi connectivity index (χ4v) is 5.39. The molecule has 1 amide bonds. The summed E-state index contributed by atoms with van der Waals surface area (Å²) >= 11 is 1.31. The molecule has 1 atom stereocenters. The Morgan fingerprint density at radius 3 is 3.00 bits per heavy atom. The van der Waals surface area contributed by atoms with E-state index in [1.807, 2.05) is 0 Å². The molecule has 0 aromatic carbocycles. The van der Waals surface area contributed by atoms with Crippen molar-refractivity contribution in [2.24, 2.45) is 0 Å². The first-order chi connectivity index (χ1) is 12.4. The summed E-state index contributed by atoms with van der Waals surface area (Å²) in [6.07, 6.45) is 2.04. The molecule has 26 heavy (non-hydrogen) atoms. The Kier molecular flexibility index (Phi) is 4.16. The van der Waals surface area contributed by atoms with E-state index in [2.05, 4.69) is 15.4 Å². The van der Waals surface area contributed by atoms with Crippen molar-refractivity contribution < 1.29 is 17.6 Å². The summed E-state index contributed by atoms with van der Waals surface area (Å²) in [7, 11) is -3.05. The predicted octanol–water partition coefficient (Wildman–Crippen LogP) is 2.52. The van der Waals surface area contributed by atoms with E-state index in [0.29, 0.717) is 28.7 Å². The number of rotatable bonds is 4. The maximum Gasteiger partial charge on any atom is 0.276 e. The van der Waals surface area contributed by atoms with E-state index in [1.54, 1.807) is 41.4 Å². The lowest BCUT2D eigenvalue weighted by atomic mass is 10.3. The van der Waals surface area contributed by atoms with Gasteiger partial charge in [0, 0.05) is 11.4 Å². The molecule has 3 aromatic heterocycles. The fourth-order valence-electron chi connectivity index (χ4n) is 2.93. The van der Waals surface area contributed by atoms with Crippen LogP contribution in [0.25, 0.3) is 10.8 Å². The number of furan rings is 1. The average molecular weight is 392 g/mol. The number of nitrogens with one attached hydrogen (secondary N) is 1. The van der Waals surface area contributed by atoms with Gasteiger partial charge in [-0.2, -0.15) is 5.10 Å². The lowest BCUT2D eigenvalue weighted by molar-refractivity contribution is 0.102. The summed E-state index contributed by atoms with van der Waals surface area (Å²) in [4.78, 5) is 16.8. The first-order valence-corrected chi connectivity index (χ1v) is 10.7. The molecule has 10 heteroatoms. The van der Waals surface area contributed by atoms with E-state index < -0.39 is 9.84 Å². The number of carbonyl (C=O) groups is 1. The van der Waals surface area contributed by atoms with Gasteiger partial charge in [0.15, 0.2) is 20.6 Å². The van der Waals surface area contributed by atoms with Gasteiger partial charge in [-0.15, -0.1) is 11.3 Å². The van der Waals surface area contributed by atoms with Gasteiger partial charge in [-0.1, -0.05) is 0 Å². The van der Waals surface area contributed by atoms with Crippen LogP contribution < -0.4 is 5.32 Å². The Morgan fingerprint density at radius 1 is 1.46 bits per heavy atom. The number of aromatic nitrogens is 3. The third-order valence-electron chi connectivity index (χ3n) is 4.12. The van der Waals surface area contributed by atoms with Gasteiger partial charge in [0.05, 0.1) is 29.5 Å². The second-order valence-corrected chi connectivity index (χ2v) is 9.23. The number of anilines is 1. The number of hydrogen-bond acceptors (Lipinski definition) is 7. The normalized spacial score (nSPS) is 18.9. The maximum atomic E-state index is 12.5. The Labute approximate surface area is 153 Å². The standard InChI is InChI=1S/C16H16N4O4S2/c1-10-7-14(20(19-10)11-4-6-26(22,23)9-11)18-15(21)12-8-25-16(17-12)13-3-2-5-24-13/h2-3,5,7-8,11H,4,6,9H2,1H3,(H,18,21). The number of aryl methyl sites for hydroxylation is 1. The summed E-state index contributed by atoms with van der Waals surface area (Å²) < 4.78 is 30.4. The molecular formula is C16H16N4O4S2. The number of sulfone groups is 1. The highest BCUT2D eigenvalue weighted by Gasteiger charge is 2.31. The molecule has 1 N–H and O–H groups in total. The van der Waals surface area contributed by atoms with Crippen molar-refractivity contribution in [2.45, 2.75) is 19.4 Å². The van der Waals surface area contributed by atoms with Crippen LogP contribution in [0.3, 0.4) is 0 Å². The Morgan fingerprint density at radius 2 is 2.31 bits per heavy atom. The molecule has 0 spiro atoms. The minimum absolute atomic E-state index is 0.0380. The van der Waals surface area contributed by atoms with Crippen LogP contribution in [0, 0.1) is 6.92 Å². The smallest absolute Gasteiger partial charge is 0.276 e. The molecular weight excluding hydrogens is 376 g/mol. The lowest BCUT2D eigenvalue weighted by Crippen LogP contribution is -2.19. The number of carbonyl (C=O) groups excluding carboxylic acids is 1. The summed E-state index contributed by atoms with van der Waals surface area (Å²) in [5, 5.41) is 9.42. The van der Waals surface area contributed by atoms with Gasteiger partial charge in [0.2, 0.25) is 0 Å². The lowest BCUT2D eigenvalue weighted by Gasteiger charge is -2.13. The van der Waals surface area contributed by atoms with E-state index >= 15 is 0 Å². The molecule has 4 heterocycles. The third kappa shape index (κ3) is 3.29. The summed E-state index contributed by atoms with van der Waals surface area (Å²) in [6, 6.07) is 4.99. The number of nitrogens with zero attached hydrogens (tertiary/aromatic N) is 3. The van der Waals surface area contributed by atoms with Crippen molar-refractivity contribution in [1.29, 1.82) is 0 Å². The van der Waals surface area contributed by atoms with Crippen molar-refractivity contribution in [2.75, 3.05) is 16.8 Å². The minimum Gasteiger partial charge on any atom is -0.462 e. The van der Waals surface area contributed by atoms with E-state index in [4.69, 9.17) is 4.42 Å². The van der Waals surface area contributed by atoms with Gasteiger partial charge in [0.25, 0.3) is 5.91 Å². The maximum absolute atomic E-state index is 12.5. The molecule has 0 saturated carbocycles. The molecule has 1 saturated heterocycles. The molecule has 3 aromatic rings. The van der Waals surface area contributed by atoms with E-state index in [-0.39, 0.29) is 29.1 Å². The molecule has 8 nitrogen and oxygen atoms in total. The van der Waals surface area contributed by atoms with Gasteiger partial charge in [-0.05, 0) is 25.5 Å². The van der Waals surface area contributed by atoms with Crippen LogP contribution in [-0.2, 0) is 9.84 Å². The number of amides is 1. The summed E-state index contributed by atoms with van der Waals surface area (Å²) in [6.45, 7) is 1.80. The van der Waals surface area contributed by atoms with Crippen LogP contribution in [0.15, 0.2) is 34.3 Å². The quantitative estimate of drug-likeness (QED) is 0.731. The van der Waals surface area contributed by atoms with Gasteiger partial charge >= 0.3 is 0 Å². The highest BCUT2D eigenvalue weighted by molar-refractivity contribution is 7.91. The monoisotopic (exact) mass is 392 g/mol. The second-order valence-electron chi connectivity index (χ2n) is 6.14. The van der Waals surface area contributed by atoms with Crippen LogP contribution in [0.2, 0.25) is 0 Å². The van der Waals surface area contributed by atoms with Gasteiger partial charge in [-0.3, -0.25) is 4.79 Å². The number of thiazole rings is 1. The highest BCUT2D eigenvalue weighted by Crippen LogP contribution is 2.28. The molecule has 1 unspecified atom stereocenters. The van der Waals surface area contributed by atoms with Crippen LogP contribution >= 0.6 is 11.3 Å². The molecule has 1 fully saturated rings. The van der Waals surface area contributed by atoms with Crippen LogP contribution in [0.5, 0.6) is 0 Å². The summed E-state index contributed by atoms with van der Waals surface area (Å²) in [5.41, 5.74) is 0.977. The van der Waals surface area contributed by atoms with E-state index in [0.717, 1.165) is 0 Å². The Bertz CT molecular complexity index is 1050. The van der Waals surface area contributed by atoms with E-state index in [1.165, 1.54) is 11.3 Å². The zero-order valence-corrected chi connectivity index (χ0v) is 15.5. The predicted molar refractivity (Wildman–Crippen MR) is 97.0 cm³/mol. The van der Waals surface area contributed by atoms with Gasteiger partial charge < -0.3 is 9.73 Å². The van der Waals surface area contributed by atoms with Crippen molar-refractivity contribution in [3.63, 3.8) is 0 Å². The topological polar surface area (TPSA) is 107 Å². The van der Waals surface area contributed by atoms with Crippen molar-refractivity contribution in [3.05, 3.63) is 41.2 Å². The van der Waals surface area contributed by atoms with Crippen LogP contribution in [-0.4, -0.2) is 40.6 Å². The molecule has 4 rings (SSSR count). The average Bonchev–Trinajstić information content (AvgIpc) is 3.33. The second kappa shape index (κ2) is 6.36. The number of hydrogen-bond donors (Lipinski definition) is 1. The minimum atomic E-state index is -3.05.